The number of esters is 2. The number of carbonyl (C=O) groups is 2. The molecule has 0 aliphatic heterocycles. The van der Waals surface area contributed by atoms with Crippen LogP contribution in [0.5, 0.6) is 0 Å². The third-order valence-corrected chi connectivity index (χ3v) is 14.3. The van der Waals surface area contributed by atoms with Gasteiger partial charge in [-0.25, -0.2) is 4.57 Å². The molecule has 0 saturated heterocycles. The van der Waals surface area contributed by atoms with E-state index in [-0.39, 0.29) is 32.0 Å². The van der Waals surface area contributed by atoms with Crippen molar-refractivity contribution < 1.29 is 42.1 Å². The predicted octanol–water partition coefficient (Wildman–Crippen LogP) is 20.0. The summed E-state index contributed by atoms with van der Waals surface area (Å²) in [5, 5.41) is 0. The van der Waals surface area contributed by atoms with Crippen molar-refractivity contribution in [3.63, 3.8) is 0 Å². The van der Waals surface area contributed by atoms with Crippen molar-refractivity contribution in [3.8, 4) is 0 Å². The number of rotatable bonds is 57. The lowest BCUT2D eigenvalue weighted by Gasteiger charge is -2.24. The quantitative estimate of drug-likeness (QED) is 0.0211. The van der Waals surface area contributed by atoms with Gasteiger partial charge in [0.05, 0.1) is 27.7 Å². The van der Waals surface area contributed by atoms with E-state index in [1.54, 1.807) is 0 Å². The lowest BCUT2D eigenvalue weighted by Crippen LogP contribution is -2.37. The average Bonchev–Trinajstić information content (AvgIpc) is 3.39. The Kier molecular flexibility index (Phi) is 55.3. The van der Waals surface area contributed by atoms with Gasteiger partial charge in [-0.2, -0.15) is 0 Å². The monoisotopic (exact) mass is 1100 g/mol. The summed E-state index contributed by atoms with van der Waals surface area (Å²) in [6, 6.07) is 0. The fourth-order valence-electron chi connectivity index (χ4n) is 8.52. The van der Waals surface area contributed by atoms with Crippen molar-refractivity contribution in [1.29, 1.82) is 0 Å². The minimum absolute atomic E-state index is 0.0280. The van der Waals surface area contributed by atoms with Crippen molar-refractivity contribution in [2.24, 2.45) is 0 Å². The summed E-state index contributed by atoms with van der Waals surface area (Å²) in [6.45, 7) is 4.32. The van der Waals surface area contributed by atoms with Crippen molar-refractivity contribution >= 4 is 19.8 Å². The molecule has 2 unspecified atom stereocenters. The number of hydrogen-bond acceptors (Lipinski definition) is 7. The molecule has 10 heteroatoms. The van der Waals surface area contributed by atoms with Gasteiger partial charge >= 0.3 is 19.8 Å². The maximum Gasteiger partial charge on any atom is 0.472 e. The van der Waals surface area contributed by atoms with Crippen LogP contribution in [0.25, 0.3) is 0 Å². The molecule has 0 aliphatic carbocycles. The van der Waals surface area contributed by atoms with Crippen LogP contribution >= 0.6 is 7.82 Å². The molecule has 0 fully saturated rings. The SMILES string of the molecule is CC/C=C\C/C=C\C/C=C\C/C=C\C/C=C\C/C=C\C/C=C\CCCCCCCCCCCCCCCC(=O)OC(COC(=O)CCCCCCCCC/C=C\CCCCCCCCC)COP(=O)(O)OCC[N+](C)(C)C. The van der Waals surface area contributed by atoms with Gasteiger partial charge < -0.3 is 18.9 Å². The van der Waals surface area contributed by atoms with Gasteiger partial charge in [0.2, 0.25) is 0 Å². The number of phosphoric acid groups is 1. The van der Waals surface area contributed by atoms with Gasteiger partial charge in [0.25, 0.3) is 0 Å². The fourth-order valence-corrected chi connectivity index (χ4v) is 9.26. The van der Waals surface area contributed by atoms with E-state index in [4.69, 9.17) is 18.5 Å². The summed E-state index contributed by atoms with van der Waals surface area (Å²) in [5.41, 5.74) is 0. The van der Waals surface area contributed by atoms with Gasteiger partial charge in [-0.1, -0.05) is 252 Å². The molecular weight excluding hydrogens is 978 g/mol. The molecule has 0 heterocycles. The first kappa shape index (κ1) is 73.9. The molecular formula is C67H119NO8P+. The van der Waals surface area contributed by atoms with Crippen molar-refractivity contribution in [1.82, 2.24) is 0 Å². The number of unbranched alkanes of at least 4 members (excludes halogenated alkanes) is 27. The lowest BCUT2D eigenvalue weighted by molar-refractivity contribution is -0.870. The van der Waals surface area contributed by atoms with Gasteiger partial charge in [-0.05, 0) is 96.3 Å². The minimum Gasteiger partial charge on any atom is -0.462 e. The van der Waals surface area contributed by atoms with Crippen LogP contribution in [0.3, 0.4) is 0 Å². The van der Waals surface area contributed by atoms with Gasteiger partial charge in [0, 0.05) is 12.8 Å². The lowest BCUT2D eigenvalue weighted by atomic mass is 10.0. The molecule has 444 valence electrons. The molecule has 2 atom stereocenters. The number of quaternary nitrogens is 1. The van der Waals surface area contributed by atoms with Gasteiger partial charge in [-0.3, -0.25) is 18.6 Å². The second-order valence-electron chi connectivity index (χ2n) is 22.1. The Bertz CT molecular complexity index is 1620. The number of ether oxygens (including phenoxy) is 2. The molecule has 1 N–H and O–H groups in total. The fraction of sp³-hybridized carbons (Fsp3) is 0.731. The highest BCUT2D eigenvalue weighted by molar-refractivity contribution is 7.47. The van der Waals surface area contributed by atoms with E-state index in [2.05, 4.69) is 111 Å². The Morgan fingerprint density at radius 2 is 0.740 bits per heavy atom. The second-order valence-corrected chi connectivity index (χ2v) is 23.5. The second kappa shape index (κ2) is 57.6. The van der Waals surface area contributed by atoms with E-state index in [1.807, 2.05) is 21.1 Å². The normalized spacial score (nSPS) is 13.9. The number of phosphoric ester groups is 1. The smallest absolute Gasteiger partial charge is 0.462 e. The Balaban J connectivity index is 4.09. The maximum atomic E-state index is 12.8. The molecule has 0 amide bonds. The molecule has 0 aromatic carbocycles. The van der Waals surface area contributed by atoms with Gasteiger partial charge in [0.15, 0.2) is 6.10 Å². The van der Waals surface area contributed by atoms with Crippen LogP contribution in [0, 0.1) is 0 Å². The summed E-state index contributed by atoms with van der Waals surface area (Å²) in [6.07, 6.45) is 79.1. The first-order valence-corrected chi connectivity index (χ1v) is 33.0. The predicted molar refractivity (Wildman–Crippen MR) is 330 cm³/mol. The molecule has 0 aromatic heterocycles. The third-order valence-electron chi connectivity index (χ3n) is 13.3. The van der Waals surface area contributed by atoms with Crippen molar-refractivity contribution in [2.45, 2.75) is 270 Å². The summed E-state index contributed by atoms with van der Waals surface area (Å²) in [7, 11) is 1.47. The first-order valence-electron chi connectivity index (χ1n) is 31.5. The van der Waals surface area contributed by atoms with E-state index in [0.717, 1.165) is 89.9 Å². The molecule has 0 aliphatic rings. The molecule has 77 heavy (non-hydrogen) atoms. The minimum atomic E-state index is -4.39. The molecule has 0 saturated carbocycles. The Morgan fingerprint density at radius 1 is 0.416 bits per heavy atom. The molecule has 0 aromatic rings. The molecule has 0 radical (unpaired) electrons. The number of nitrogens with zero attached hydrogens (tertiary/aromatic N) is 1. The van der Waals surface area contributed by atoms with E-state index in [1.165, 1.54) is 141 Å². The van der Waals surface area contributed by atoms with E-state index in [0.29, 0.717) is 17.4 Å². The van der Waals surface area contributed by atoms with E-state index < -0.39 is 26.5 Å². The maximum absolute atomic E-state index is 12.8. The first-order chi connectivity index (χ1) is 37.5. The standard InChI is InChI=1S/C67H118NO8P/c1-6-8-10-12-14-16-18-20-22-24-26-27-28-29-30-31-32-33-34-35-36-37-38-39-40-41-42-44-46-48-50-52-54-56-58-60-67(70)76-65(64-75-77(71,72)74-62-61-68(3,4)5)63-73-66(69)59-57-55-53-51-49-47-45-43-25-23-21-19-17-15-13-11-9-7-2/h8,10,14,16,20,22-23,25-27,29-30,32-33,35-36,65H,6-7,9,11-13,15,17-19,21,24,28,31,34,37-64H2,1-5H3/p+1/b10-8-,16-14-,22-20-,25-23-,27-26-,30-29-,33-32-,36-35-. The molecule has 0 rings (SSSR count). The van der Waals surface area contributed by atoms with Crippen LogP contribution in [0.2, 0.25) is 0 Å². The Labute approximate surface area is 474 Å². The van der Waals surface area contributed by atoms with Crippen LogP contribution < -0.4 is 0 Å². The molecule has 0 bridgehead atoms. The largest absolute Gasteiger partial charge is 0.472 e. The zero-order valence-electron chi connectivity index (χ0n) is 50.4. The zero-order valence-corrected chi connectivity index (χ0v) is 51.3. The summed E-state index contributed by atoms with van der Waals surface area (Å²) >= 11 is 0. The van der Waals surface area contributed by atoms with Crippen molar-refractivity contribution in [2.75, 3.05) is 47.5 Å². The van der Waals surface area contributed by atoms with Crippen LogP contribution in [-0.2, 0) is 32.7 Å². The third kappa shape index (κ3) is 62.0. The zero-order chi connectivity index (χ0) is 56.3. The Hall–Kier alpha value is -3.07. The summed E-state index contributed by atoms with van der Waals surface area (Å²) in [5.74, 6) is -0.801. The van der Waals surface area contributed by atoms with Crippen LogP contribution in [0.1, 0.15) is 264 Å². The molecule has 9 nitrogen and oxygen atoms in total. The topological polar surface area (TPSA) is 108 Å². The Morgan fingerprint density at radius 3 is 1.12 bits per heavy atom. The van der Waals surface area contributed by atoms with Crippen LogP contribution in [0.15, 0.2) is 97.2 Å². The van der Waals surface area contributed by atoms with Crippen LogP contribution in [-0.4, -0.2) is 74.9 Å². The van der Waals surface area contributed by atoms with Gasteiger partial charge in [-0.15, -0.1) is 0 Å². The average molecular weight is 1100 g/mol. The van der Waals surface area contributed by atoms with Crippen molar-refractivity contribution in [3.05, 3.63) is 97.2 Å². The summed E-state index contributed by atoms with van der Waals surface area (Å²) in [4.78, 5) is 35.7. The number of carbonyl (C=O) groups excluding carboxylic acids is 2. The van der Waals surface area contributed by atoms with Crippen LogP contribution in [0.4, 0.5) is 0 Å². The van der Waals surface area contributed by atoms with E-state index in [9.17, 15) is 19.0 Å². The summed E-state index contributed by atoms with van der Waals surface area (Å²) < 4.78 is 34.6. The highest BCUT2D eigenvalue weighted by Gasteiger charge is 2.27. The molecule has 0 spiro atoms. The number of allylic oxidation sites excluding steroid dienone is 16. The number of likely N-dealkylation sites (N-methyl/N-ethyl adjacent to an activating group) is 1. The number of hydrogen-bond donors (Lipinski definition) is 1. The van der Waals surface area contributed by atoms with Gasteiger partial charge in [0.1, 0.15) is 19.8 Å². The van der Waals surface area contributed by atoms with E-state index >= 15 is 0 Å². The highest BCUT2D eigenvalue weighted by atomic mass is 31.2. The highest BCUT2D eigenvalue weighted by Crippen LogP contribution is 2.43.